The molecule has 0 bridgehead atoms. The van der Waals surface area contributed by atoms with Crippen LogP contribution < -0.4 is 36.0 Å². The van der Waals surface area contributed by atoms with E-state index in [-0.39, 0.29) is 33.2 Å². The monoisotopic (exact) mass is 655 g/mol. The maximum atomic E-state index is 5.53. The van der Waals surface area contributed by atoms with Crippen LogP contribution in [0.2, 0.25) is 0 Å². The van der Waals surface area contributed by atoms with Crippen LogP contribution in [0.1, 0.15) is 135 Å². The zero-order chi connectivity index (χ0) is 34.8. The highest BCUT2D eigenvalue weighted by molar-refractivity contribution is 5.50. The van der Waals surface area contributed by atoms with Gasteiger partial charge >= 0.3 is 0 Å². The van der Waals surface area contributed by atoms with Gasteiger partial charge in [0.05, 0.1) is 0 Å². The van der Waals surface area contributed by atoms with Gasteiger partial charge in [0.25, 0.3) is 0 Å². The summed E-state index contributed by atoms with van der Waals surface area (Å²) < 4.78 is 0. The Morgan fingerprint density at radius 3 is 1.19 bits per heavy atom. The molecule has 0 spiro atoms. The predicted octanol–water partition coefficient (Wildman–Crippen LogP) is 5.23. The minimum absolute atomic E-state index is 0.00554. The Balaban J connectivity index is 1.68. The smallest absolute Gasteiger partial charge is 0.232 e. The molecule has 0 saturated carbocycles. The van der Waals surface area contributed by atoms with E-state index in [1.165, 1.54) is 0 Å². The van der Waals surface area contributed by atoms with Gasteiger partial charge in [-0.25, -0.2) is 0 Å². The molecular weight excluding hydrogens is 584 g/mol. The van der Waals surface area contributed by atoms with Gasteiger partial charge < -0.3 is 36.0 Å². The molecule has 47 heavy (non-hydrogen) atoms. The van der Waals surface area contributed by atoms with Gasteiger partial charge in [-0.15, -0.1) is 0 Å². The molecule has 2 unspecified atom stereocenters. The average Bonchev–Trinajstić information content (AvgIpc) is 3.07. The minimum Gasteiger partial charge on any atom is -0.337 e. The number of rotatable bonds is 5. The molecule has 1 aromatic rings. The van der Waals surface area contributed by atoms with E-state index in [4.69, 9.17) is 15.0 Å². The highest BCUT2D eigenvalue weighted by Crippen LogP contribution is 2.40. The van der Waals surface area contributed by atoms with E-state index in [1.807, 2.05) is 0 Å². The molecule has 4 fully saturated rings. The van der Waals surface area contributed by atoms with Crippen LogP contribution in [0.25, 0.3) is 0 Å². The normalized spacial score (nSPS) is 30.8. The fraction of sp³-hybridized carbons (Fsp3) is 0.919. The number of nitrogens with zero attached hydrogens (tertiary/aromatic N) is 6. The third kappa shape index (κ3) is 8.89. The molecule has 1 aromatic heterocycles. The first-order valence-electron chi connectivity index (χ1n) is 18.6. The third-order valence-electron chi connectivity index (χ3n) is 11.1. The fourth-order valence-corrected chi connectivity index (χ4v) is 10.2. The highest BCUT2D eigenvalue weighted by Gasteiger charge is 2.47. The third-order valence-corrected chi connectivity index (χ3v) is 11.1. The molecule has 4 aliphatic heterocycles. The van der Waals surface area contributed by atoms with E-state index in [1.54, 1.807) is 0 Å². The Morgan fingerprint density at radius 1 is 0.511 bits per heavy atom. The van der Waals surface area contributed by atoms with Crippen molar-refractivity contribution in [3.63, 3.8) is 0 Å². The molecule has 10 nitrogen and oxygen atoms in total. The number of nitrogens with one attached hydrogen (secondary N) is 4. The number of anilines is 3. The maximum Gasteiger partial charge on any atom is 0.232 e. The lowest BCUT2D eigenvalue weighted by Gasteiger charge is -2.55. The zero-order valence-electron chi connectivity index (χ0n) is 32.6. The van der Waals surface area contributed by atoms with Crippen molar-refractivity contribution in [3.05, 3.63) is 0 Å². The van der Waals surface area contributed by atoms with Crippen LogP contribution in [-0.4, -0.2) is 98.5 Å². The van der Waals surface area contributed by atoms with E-state index in [2.05, 4.69) is 133 Å². The summed E-state index contributed by atoms with van der Waals surface area (Å²) in [4.78, 5) is 24.0. The lowest BCUT2D eigenvalue weighted by molar-refractivity contribution is 0.123. The molecule has 4 saturated heterocycles. The van der Waals surface area contributed by atoms with Gasteiger partial charge in [-0.05, 0) is 135 Å². The summed E-state index contributed by atoms with van der Waals surface area (Å²) in [6.07, 6.45) is 6.20. The number of hydrogen-bond acceptors (Lipinski definition) is 10. The summed E-state index contributed by atoms with van der Waals surface area (Å²) in [7, 11) is 0. The van der Waals surface area contributed by atoms with Gasteiger partial charge in [0.2, 0.25) is 17.8 Å². The molecule has 2 atom stereocenters. The van der Waals surface area contributed by atoms with Crippen LogP contribution in [0.4, 0.5) is 17.8 Å². The summed E-state index contributed by atoms with van der Waals surface area (Å²) in [5.41, 5.74) is 0.105. The Morgan fingerprint density at radius 2 is 0.851 bits per heavy atom. The second-order valence-corrected chi connectivity index (χ2v) is 19.7. The molecule has 5 heterocycles. The largest absolute Gasteiger partial charge is 0.337 e. The Hall–Kier alpha value is -1.75. The van der Waals surface area contributed by atoms with Crippen LogP contribution in [0, 0.1) is 0 Å². The van der Waals surface area contributed by atoms with Crippen LogP contribution in [0.5, 0.6) is 0 Å². The average molecular weight is 655 g/mol. The van der Waals surface area contributed by atoms with E-state index in [9.17, 15) is 0 Å². The molecule has 5 rings (SSSR count). The van der Waals surface area contributed by atoms with Crippen molar-refractivity contribution in [2.45, 2.75) is 193 Å². The van der Waals surface area contributed by atoms with E-state index >= 15 is 0 Å². The maximum absolute atomic E-state index is 5.53. The van der Waals surface area contributed by atoms with Crippen molar-refractivity contribution in [1.29, 1.82) is 0 Å². The lowest BCUT2D eigenvalue weighted by Crippen LogP contribution is -2.67. The van der Waals surface area contributed by atoms with Crippen molar-refractivity contribution in [3.8, 4) is 0 Å². The lowest BCUT2D eigenvalue weighted by atomic mass is 9.75. The topological polar surface area (TPSA) is 96.5 Å². The fourth-order valence-electron chi connectivity index (χ4n) is 10.2. The predicted molar refractivity (Wildman–Crippen MR) is 198 cm³/mol. The summed E-state index contributed by atoms with van der Waals surface area (Å²) in [5.74, 6) is 2.51. The van der Waals surface area contributed by atoms with Gasteiger partial charge in [0, 0.05) is 83.6 Å². The molecule has 0 amide bonds. The summed E-state index contributed by atoms with van der Waals surface area (Å²) in [6, 6.07) is 1.19. The zero-order valence-corrected chi connectivity index (χ0v) is 32.6. The summed E-state index contributed by atoms with van der Waals surface area (Å²) >= 11 is 0. The minimum atomic E-state index is -0.00554. The van der Waals surface area contributed by atoms with Crippen molar-refractivity contribution in [2.75, 3.05) is 40.9 Å². The molecule has 4 N–H and O–H groups in total. The van der Waals surface area contributed by atoms with Gasteiger partial charge in [-0.1, -0.05) is 0 Å². The molecule has 10 heteroatoms. The summed E-state index contributed by atoms with van der Waals surface area (Å²) in [6.45, 7) is 36.4. The first-order valence-corrected chi connectivity index (χ1v) is 18.6. The molecule has 4 aliphatic rings. The van der Waals surface area contributed by atoms with Crippen molar-refractivity contribution >= 4 is 17.8 Å². The number of piperidine rings is 2. The quantitative estimate of drug-likeness (QED) is 0.338. The standard InChI is InChI=1S/C37H70N10/c1-25-19-32(3,4)38-15-17-45(25)29-40-30(46-18-16-39-33(5,6)20-26(46)2)42-31(41-29)47(27-21-34(7,8)43-35(9,10)22-27)28-23-36(11,12)44-37(13,14)24-28/h25-28,38-39,43-44H,15-24H2,1-14H3. The summed E-state index contributed by atoms with van der Waals surface area (Å²) in [5, 5.41) is 15.4. The SMILES string of the molecule is CC1CC(C)(C)NCCN1c1nc(N2CCNC(C)(C)CC2C)nc(N(C2CC(C)(C)NC(C)(C)C2)C2CC(C)(C)NC(C)(C)C2)n1. The molecular formula is C37H70N10. The van der Waals surface area contributed by atoms with E-state index < -0.39 is 0 Å². The van der Waals surface area contributed by atoms with Crippen LogP contribution in [-0.2, 0) is 0 Å². The van der Waals surface area contributed by atoms with Crippen molar-refractivity contribution in [2.24, 2.45) is 0 Å². The van der Waals surface area contributed by atoms with E-state index in [0.29, 0.717) is 24.2 Å². The number of hydrogen-bond donors (Lipinski definition) is 4. The number of aromatic nitrogens is 3. The van der Waals surface area contributed by atoms with Crippen LogP contribution >= 0.6 is 0 Å². The Labute approximate surface area is 287 Å². The van der Waals surface area contributed by atoms with Gasteiger partial charge in [-0.2, -0.15) is 15.0 Å². The first kappa shape index (κ1) is 36.5. The van der Waals surface area contributed by atoms with Crippen molar-refractivity contribution < 1.29 is 0 Å². The highest BCUT2D eigenvalue weighted by atomic mass is 15.4. The molecule has 0 radical (unpaired) electrons. The molecule has 0 aromatic carbocycles. The molecule has 268 valence electrons. The van der Waals surface area contributed by atoms with Gasteiger partial charge in [0.1, 0.15) is 0 Å². The Bertz CT molecular complexity index is 1130. The second-order valence-electron chi connectivity index (χ2n) is 19.7. The van der Waals surface area contributed by atoms with Crippen LogP contribution in [0.3, 0.4) is 0 Å². The van der Waals surface area contributed by atoms with Gasteiger partial charge in [0.15, 0.2) is 0 Å². The Kier molecular flexibility index (Phi) is 9.74. The van der Waals surface area contributed by atoms with Gasteiger partial charge in [-0.3, -0.25) is 0 Å². The first-order chi connectivity index (χ1) is 21.4. The van der Waals surface area contributed by atoms with E-state index in [0.717, 1.165) is 82.5 Å². The van der Waals surface area contributed by atoms with Crippen molar-refractivity contribution in [1.82, 2.24) is 36.2 Å². The molecule has 0 aliphatic carbocycles. The van der Waals surface area contributed by atoms with Crippen LogP contribution in [0.15, 0.2) is 0 Å². The second kappa shape index (κ2) is 12.5.